The van der Waals surface area contributed by atoms with Gasteiger partial charge in [-0.25, -0.2) is 0 Å². The highest BCUT2D eigenvalue weighted by molar-refractivity contribution is 9.10. The smallest absolute Gasteiger partial charge is 0.247 e. The fourth-order valence-electron chi connectivity index (χ4n) is 8.81. The molecule has 7 rings (SSSR count). The van der Waals surface area contributed by atoms with E-state index in [2.05, 4.69) is 29.1 Å². The largest absolute Gasteiger partial charge is 0.462 e. The number of ether oxygens (including phenoxy) is 1. The number of allylic oxidation sites excluding steroid dienone is 2. The van der Waals surface area contributed by atoms with Crippen LogP contribution in [0.15, 0.2) is 24.5 Å². The molecule has 2 N–H and O–H groups in total. The molecule has 5 aliphatic carbocycles. The third kappa shape index (κ3) is 1.31. The van der Waals surface area contributed by atoms with Gasteiger partial charge in [-0.1, -0.05) is 48.5 Å². The van der Waals surface area contributed by atoms with Crippen molar-refractivity contribution >= 4 is 27.5 Å². The first-order valence-electron chi connectivity index (χ1n) is 10.2. The molecular weight excluding hydrogens is 424 g/mol. The summed E-state index contributed by atoms with van der Waals surface area (Å²) < 4.78 is 5.94. The molecule has 2 bridgehead atoms. The first-order chi connectivity index (χ1) is 13.0. The van der Waals surface area contributed by atoms with Crippen LogP contribution in [-0.4, -0.2) is 38.5 Å². The summed E-state index contributed by atoms with van der Waals surface area (Å²) in [7, 11) is 0. The van der Waals surface area contributed by atoms with E-state index in [-0.39, 0.29) is 41.0 Å². The average molecular weight is 449 g/mol. The Morgan fingerprint density at radius 1 is 1.18 bits per heavy atom. The van der Waals surface area contributed by atoms with E-state index < -0.39 is 38.9 Å². The number of ketones is 2. The summed E-state index contributed by atoms with van der Waals surface area (Å²) in [6.07, 6.45) is 0.728. The van der Waals surface area contributed by atoms with E-state index in [1.807, 2.05) is 13.8 Å². The first-order valence-corrected chi connectivity index (χ1v) is 11.1. The predicted octanol–water partition coefficient (Wildman–Crippen LogP) is 2.36. The molecule has 6 heteroatoms. The fourth-order valence-corrected chi connectivity index (χ4v) is 10.0. The highest BCUT2D eigenvalue weighted by Gasteiger charge is 2.93. The molecule has 2 aliphatic heterocycles. The number of rotatable bonds is 0. The second-order valence-corrected chi connectivity index (χ2v) is 11.7. The Hall–Kier alpha value is -0.980. The molecule has 5 saturated carbocycles. The van der Waals surface area contributed by atoms with Crippen LogP contribution in [0.5, 0.6) is 0 Å². The molecule has 7 fully saturated rings. The topological polar surface area (TPSA) is 83.8 Å². The number of Topliss-reactive ketones (excluding diaryl/α,β-unsaturated/α-hetero) is 2. The minimum Gasteiger partial charge on any atom is -0.462 e. The summed E-state index contributed by atoms with van der Waals surface area (Å²) in [6.45, 7) is 12.2. The maximum Gasteiger partial charge on any atom is 0.247 e. The van der Waals surface area contributed by atoms with Gasteiger partial charge in [-0.2, -0.15) is 0 Å². The van der Waals surface area contributed by atoms with E-state index in [0.717, 1.165) is 12.0 Å². The molecule has 10 atom stereocenters. The minimum atomic E-state index is -2.02. The van der Waals surface area contributed by atoms with Crippen LogP contribution in [0.3, 0.4) is 0 Å². The lowest BCUT2D eigenvalue weighted by molar-refractivity contribution is -0.435. The number of aliphatic hydroxyl groups is 2. The highest BCUT2D eigenvalue weighted by atomic mass is 79.9. The normalized spacial score (nSPS) is 60.1. The molecule has 2 heterocycles. The van der Waals surface area contributed by atoms with Crippen molar-refractivity contribution in [2.75, 3.05) is 0 Å². The van der Waals surface area contributed by atoms with Crippen LogP contribution in [-0.2, 0) is 14.3 Å². The number of hydrogen-bond donors (Lipinski definition) is 2. The zero-order valence-corrected chi connectivity index (χ0v) is 17.7. The van der Waals surface area contributed by atoms with Gasteiger partial charge < -0.3 is 14.9 Å². The van der Waals surface area contributed by atoms with E-state index >= 15 is 0 Å². The SMILES string of the molecule is C=C1C2C(=O)[C@@]34C(CC[C@@H]1[C@@H]23)[C@@]12C(=C)O[C@]4(O)[C@@H](O)[C@@H]1C(C)(C)CC(Br)C2=O. The molecule has 0 aromatic heterocycles. The summed E-state index contributed by atoms with van der Waals surface area (Å²) in [6, 6.07) is 0. The second kappa shape index (κ2) is 4.52. The van der Waals surface area contributed by atoms with Gasteiger partial charge in [0, 0.05) is 11.8 Å². The molecule has 2 saturated heterocycles. The number of alkyl halides is 1. The van der Waals surface area contributed by atoms with Crippen LogP contribution >= 0.6 is 15.9 Å². The van der Waals surface area contributed by atoms with Gasteiger partial charge in [0.05, 0.1) is 10.2 Å². The molecule has 5 nitrogen and oxygen atoms in total. The standard InChI is InChI=1S/C22H25BrO5/c1-8-10-5-6-12-20-9(2)28-22(27,21(12)14(10)13(8)17(21)25)18(26)15(20)19(3,4)7-11(23)16(20)24/h10-15,18,26-27H,1-2,5-7H2,3-4H3/t10-,11?,12?,13?,14-,15+,18-,20-,21+,22+/m0/s1. The van der Waals surface area contributed by atoms with E-state index in [9.17, 15) is 19.8 Å². The Balaban J connectivity index is 1.66. The van der Waals surface area contributed by atoms with Crippen LogP contribution in [0.2, 0.25) is 0 Å². The first kappa shape index (κ1) is 17.8. The maximum atomic E-state index is 13.8. The van der Waals surface area contributed by atoms with Crippen LogP contribution in [0, 0.1) is 45.8 Å². The zero-order chi connectivity index (χ0) is 20.2. The molecular formula is C22H25BrO5. The number of halogens is 1. The fraction of sp³-hybridized carbons (Fsp3) is 0.727. The van der Waals surface area contributed by atoms with Crippen LogP contribution in [0.1, 0.15) is 33.1 Å². The molecule has 3 unspecified atom stereocenters. The number of carbonyl (C=O) groups excluding carboxylic acids is 2. The molecule has 2 spiro atoms. The van der Waals surface area contributed by atoms with E-state index in [4.69, 9.17) is 4.74 Å². The minimum absolute atomic E-state index is 0.0557. The van der Waals surface area contributed by atoms with Gasteiger partial charge in [0.15, 0.2) is 11.6 Å². The van der Waals surface area contributed by atoms with Gasteiger partial charge in [-0.3, -0.25) is 9.59 Å². The third-order valence-electron chi connectivity index (χ3n) is 9.53. The van der Waals surface area contributed by atoms with Crippen molar-refractivity contribution < 1.29 is 24.5 Å². The summed E-state index contributed by atoms with van der Waals surface area (Å²) in [5.41, 5.74) is -1.87. The van der Waals surface area contributed by atoms with Crippen molar-refractivity contribution in [2.45, 2.75) is 49.8 Å². The summed E-state index contributed by atoms with van der Waals surface area (Å²) >= 11 is 3.57. The predicted molar refractivity (Wildman–Crippen MR) is 103 cm³/mol. The number of carbonyl (C=O) groups is 2. The van der Waals surface area contributed by atoms with Gasteiger partial charge in [0.1, 0.15) is 17.3 Å². The van der Waals surface area contributed by atoms with Crippen molar-refractivity contribution in [3.63, 3.8) is 0 Å². The van der Waals surface area contributed by atoms with Crippen molar-refractivity contribution in [3.8, 4) is 0 Å². The molecule has 7 aliphatic rings. The Morgan fingerprint density at radius 2 is 1.86 bits per heavy atom. The summed E-state index contributed by atoms with van der Waals surface area (Å²) in [5.74, 6) is -3.05. The monoisotopic (exact) mass is 448 g/mol. The number of aliphatic hydroxyl groups excluding tert-OH is 1. The zero-order valence-electron chi connectivity index (χ0n) is 16.1. The van der Waals surface area contributed by atoms with Gasteiger partial charge in [-0.05, 0) is 42.4 Å². The number of hydrogen-bond acceptors (Lipinski definition) is 5. The Labute approximate surface area is 172 Å². The third-order valence-corrected chi connectivity index (χ3v) is 10.3. The lowest BCUT2D eigenvalue weighted by Gasteiger charge is -2.82. The Morgan fingerprint density at radius 3 is 2.54 bits per heavy atom. The van der Waals surface area contributed by atoms with E-state index in [1.54, 1.807) is 0 Å². The Bertz CT molecular complexity index is 909. The van der Waals surface area contributed by atoms with Gasteiger partial charge in [0.2, 0.25) is 5.79 Å². The highest BCUT2D eigenvalue weighted by Crippen LogP contribution is 2.84. The van der Waals surface area contributed by atoms with Crippen LogP contribution in [0.4, 0.5) is 0 Å². The summed E-state index contributed by atoms with van der Waals surface area (Å²) in [4.78, 5) is 26.9. The molecule has 0 radical (unpaired) electrons. The van der Waals surface area contributed by atoms with Gasteiger partial charge in [0.25, 0.3) is 0 Å². The van der Waals surface area contributed by atoms with E-state index in [1.165, 1.54) is 0 Å². The lowest BCUT2D eigenvalue weighted by Crippen LogP contribution is -2.91. The van der Waals surface area contributed by atoms with E-state index in [0.29, 0.717) is 12.8 Å². The van der Waals surface area contributed by atoms with Crippen LogP contribution in [0.25, 0.3) is 0 Å². The van der Waals surface area contributed by atoms with Crippen molar-refractivity contribution in [1.29, 1.82) is 0 Å². The van der Waals surface area contributed by atoms with Crippen molar-refractivity contribution in [1.82, 2.24) is 0 Å². The molecule has 0 amide bonds. The second-order valence-electron chi connectivity index (χ2n) is 10.6. The molecule has 150 valence electrons. The number of fused-ring (bicyclic) bond motifs is 1. The Kier molecular flexibility index (Phi) is 2.88. The maximum absolute atomic E-state index is 13.8. The average Bonchev–Trinajstić information content (AvgIpc) is 2.59. The quantitative estimate of drug-likeness (QED) is 0.438. The summed E-state index contributed by atoms with van der Waals surface area (Å²) in [5, 5.41) is 23.3. The van der Waals surface area contributed by atoms with Crippen LogP contribution < -0.4 is 0 Å². The van der Waals surface area contributed by atoms with Gasteiger partial charge >= 0.3 is 0 Å². The molecule has 0 aromatic rings. The molecule has 0 aromatic carbocycles. The lowest BCUT2D eigenvalue weighted by atomic mass is 9.23. The van der Waals surface area contributed by atoms with Crippen molar-refractivity contribution in [2.24, 2.45) is 45.8 Å². The molecule has 28 heavy (non-hydrogen) atoms. The van der Waals surface area contributed by atoms with Gasteiger partial charge in [-0.15, -0.1) is 0 Å². The van der Waals surface area contributed by atoms with Crippen molar-refractivity contribution in [3.05, 3.63) is 24.5 Å².